The van der Waals surface area contributed by atoms with Crippen LogP contribution in [0.3, 0.4) is 0 Å². The Morgan fingerprint density at radius 3 is 2.75 bits per heavy atom. The first-order chi connectivity index (χ1) is 3.83. The molecule has 0 bridgehead atoms. The van der Waals surface area contributed by atoms with Gasteiger partial charge in [-0.3, -0.25) is 4.79 Å². The van der Waals surface area contributed by atoms with E-state index in [9.17, 15) is 4.79 Å². The number of carbonyl (C=O) groups is 1. The second-order valence-corrected chi connectivity index (χ2v) is 3.23. The van der Waals surface area contributed by atoms with E-state index in [2.05, 4.69) is 6.92 Å². The first-order valence-electron chi connectivity index (χ1n) is 2.27. The van der Waals surface area contributed by atoms with Crippen LogP contribution in [0.2, 0.25) is 0 Å². The summed E-state index contributed by atoms with van der Waals surface area (Å²) in [6.07, 6.45) is 1.88. The van der Waals surface area contributed by atoms with Gasteiger partial charge in [0.1, 0.15) is 0 Å². The molecule has 0 aromatic rings. The van der Waals surface area contributed by atoms with Gasteiger partial charge in [0.15, 0.2) is 5.62 Å². The molecular formula is C6H7OS. The van der Waals surface area contributed by atoms with Crippen LogP contribution < -0.4 is 0 Å². The van der Waals surface area contributed by atoms with Crippen molar-refractivity contribution in [3.05, 3.63) is 29.4 Å². The smallest absolute Gasteiger partial charge is 0.163 e. The van der Waals surface area contributed by atoms with Crippen LogP contribution in [-0.4, -0.2) is 5.62 Å². The highest BCUT2D eigenvalue weighted by Gasteiger charge is 1.98. The molecular weight excluding hydrogens is 120 g/mol. The molecule has 1 radical (unpaired) electrons. The molecule has 1 nitrogen and oxygen atoms in total. The molecule has 0 aromatic carbocycles. The summed E-state index contributed by atoms with van der Waals surface area (Å²) in [4.78, 5) is 10.1. The number of allylic oxidation sites excluding steroid dienone is 2. The summed E-state index contributed by atoms with van der Waals surface area (Å²) < 4.78 is 0. The lowest BCUT2D eigenvalue weighted by molar-refractivity contribution is 0.570. The van der Waals surface area contributed by atoms with Crippen LogP contribution in [-0.2, 0) is 4.79 Å². The molecule has 43 valence electrons. The Morgan fingerprint density at radius 2 is 2.50 bits per heavy atom. The van der Waals surface area contributed by atoms with Crippen LogP contribution in [0.5, 0.6) is 0 Å². The lowest BCUT2D eigenvalue weighted by Gasteiger charge is -1.92. The first kappa shape index (κ1) is 5.63. The van der Waals surface area contributed by atoms with Gasteiger partial charge in [-0.25, -0.2) is 0 Å². The summed E-state index contributed by atoms with van der Waals surface area (Å²) in [6.45, 7) is 3.67. The van der Waals surface area contributed by atoms with Crippen LogP contribution in [0.15, 0.2) is 22.5 Å². The fourth-order valence-electron chi connectivity index (χ4n) is 0.525. The number of hydrogen-bond donors (Lipinski definition) is 1. The Bertz CT molecular complexity index is 158. The van der Waals surface area contributed by atoms with E-state index in [0.29, 0.717) is 0 Å². The predicted molar refractivity (Wildman–Crippen MR) is 38.3 cm³/mol. The normalized spacial score (nSPS) is 30.1. The van der Waals surface area contributed by atoms with Gasteiger partial charge in [-0.15, -0.1) is 0 Å². The molecule has 0 fully saturated rings. The highest BCUT2D eigenvalue weighted by atomic mass is 32.2. The largest absolute Gasteiger partial charge is 0.292 e. The van der Waals surface area contributed by atoms with Crippen LogP contribution >= 0.6 is 10.9 Å². The SMILES string of the molecule is [CH2]C1=C[SH](C=O)C=C1. The first-order valence-corrected chi connectivity index (χ1v) is 3.82. The average molecular weight is 127 g/mol. The maximum Gasteiger partial charge on any atom is 0.163 e. The topological polar surface area (TPSA) is 17.1 Å². The van der Waals surface area contributed by atoms with Crippen molar-refractivity contribution in [2.45, 2.75) is 0 Å². The number of carbonyl (C=O) groups excluding carboxylic acids is 1. The van der Waals surface area contributed by atoms with E-state index in [1.165, 1.54) is 0 Å². The molecule has 1 aliphatic rings. The highest BCUT2D eigenvalue weighted by molar-refractivity contribution is 8.33. The lowest BCUT2D eigenvalue weighted by Crippen LogP contribution is -1.63. The van der Waals surface area contributed by atoms with E-state index in [4.69, 9.17) is 0 Å². The number of rotatable bonds is 1. The standard InChI is InChI=1S/C6H7OS/c1-6-2-3-8(4-6)5-7/h2-5,8H,1H2. The average Bonchev–Trinajstić information content (AvgIpc) is 2.14. The van der Waals surface area contributed by atoms with Crippen molar-refractivity contribution in [2.24, 2.45) is 0 Å². The van der Waals surface area contributed by atoms with E-state index in [-0.39, 0.29) is 0 Å². The minimum atomic E-state index is -0.568. The summed E-state index contributed by atoms with van der Waals surface area (Å²) in [5.74, 6) is 0. The minimum Gasteiger partial charge on any atom is -0.292 e. The van der Waals surface area contributed by atoms with Gasteiger partial charge in [-0.1, -0.05) is 6.08 Å². The Hall–Kier alpha value is -0.500. The summed E-state index contributed by atoms with van der Waals surface area (Å²) in [5.41, 5.74) is 1.92. The maximum absolute atomic E-state index is 10.1. The van der Waals surface area contributed by atoms with Gasteiger partial charge in [-0.2, -0.15) is 10.9 Å². The van der Waals surface area contributed by atoms with Crippen molar-refractivity contribution >= 4 is 16.5 Å². The molecule has 0 aliphatic carbocycles. The molecule has 0 N–H and O–H groups in total. The molecule has 1 atom stereocenters. The molecule has 8 heavy (non-hydrogen) atoms. The Labute approximate surface area is 51.4 Å². The van der Waals surface area contributed by atoms with Crippen LogP contribution in [0.25, 0.3) is 0 Å². The van der Waals surface area contributed by atoms with Crippen molar-refractivity contribution in [3.63, 3.8) is 0 Å². The third kappa shape index (κ3) is 1.01. The molecule has 1 aliphatic heterocycles. The van der Waals surface area contributed by atoms with E-state index in [0.717, 1.165) is 11.2 Å². The van der Waals surface area contributed by atoms with Crippen molar-refractivity contribution in [3.8, 4) is 0 Å². The monoisotopic (exact) mass is 127 g/mol. The third-order valence-electron chi connectivity index (χ3n) is 0.897. The summed E-state index contributed by atoms with van der Waals surface area (Å²) >= 11 is 0. The molecule has 0 spiro atoms. The van der Waals surface area contributed by atoms with Crippen molar-refractivity contribution < 1.29 is 4.79 Å². The Morgan fingerprint density at radius 1 is 1.75 bits per heavy atom. The van der Waals surface area contributed by atoms with E-state index < -0.39 is 10.9 Å². The predicted octanol–water partition coefficient (Wildman–Crippen LogP) is 1.42. The third-order valence-corrected chi connectivity index (χ3v) is 2.26. The fraction of sp³-hybridized carbons (Fsp3) is 0. The van der Waals surface area contributed by atoms with E-state index >= 15 is 0 Å². The summed E-state index contributed by atoms with van der Waals surface area (Å²) in [5, 5.41) is 3.78. The minimum absolute atomic E-state index is 0.568. The van der Waals surface area contributed by atoms with Gasteiger partial charge >= 0.3 is 0 Å². The molecule has 1 heterocycles. The molecule has 2 heteroatoms. The van der Waals surface area contributed by atoms with Crippen molar-refractivity contribution in [2.75, 3.05) is 0 Å². The van der Waals surface area contributed by atoms with Gasteiger partial charge in [0.05, 0.1) is 0 Å². The van der Waals surface area contributed by atoms with E-state index in [1.807, 2.05) is 16.9 Å². The van der Waals surface area contributed by atoms with Crippen molar-refractivity contribution in [1.82, 2.24) is 0 Å². The molecule has 1 rings (SSSR count). The zero-order valence-electron chi connectivity index (χ0n) is 4.37. The molecule has 0 saturated heterocycles. The summed E-state index contributed by atoms with van der Waals surface area (Å²) in [7, 11) is -0.568. The molecule has 0 aromatic heterocycles. The quantitative estimate of drug-likeness (QED) is 0.416. The number of thiol groups is 1. The Balaban J connectivity index is 2.68. The second kappa shape index (κ2) is 2.18. The van der Waals surface area contributed by atoms with Crippen LogP contribution in [0, 0.1) is 6.92 Å². The van der Waals surface area contributed by atoms with Crippen molar-refractivity contribution in [1.29, 1.82) is 0 Å². The fourth-order valence-corrected chi connectivity index (χ4v) is 1.57. The maximum atomic E-state index is 10.1. The van der Waals surface area contributed by atoms with Crippen LogP contribution in [0.4, 0.5) is 0 Å². The second-order valence-electron chi connectivity index (χ2n) is 1.57. The van der Waals surface area contributed by atoms with Gasteiger partial charge in [-0.05, 0) is 23.3 Å². The number of hydrogen-bond acceptors (Lipinski definition) is 1. The molecule has 1 unspecified atom stereocenters. The van der Waals surface area contributed by atoms with Crippen LogP contribution in [0.1, 0.15) is 0 Å². The summed E-state index contributed by atoms with van der Waals surface area (Å²) in [6, 6.07) is 0. The molecule has 0 saturated carbocycles. The van der Waals surface area contributed by atoms with Gasteiger partial charge < -0.3 is 0 Å². The Kier molecular flexibility index (Phi) is 1.53. The van der Waals surface area contributed by atoms with E-state index in [1.54, 1.807) is 0 Å². The highest BCUT2D eigenvalue weighted by Crippen LogP contribution is 2.31. The molecule has 0 amide bonds. The zero-order valence-corrected chi connectivity index (χ0v) is 5.27. The lowest BCUT2D eigenvalue weighted by atomic mass is 10.4. The van der Waals surface area contributed by atoms with Gasteiger partial charge in [0, 0.05) is 0 Å². The zero-order chi connectivity index (χ0) is 5.98. The van der Waals surface area contributed by atoms with Gasteiger partial charge in [0.2, 0.25) is 0 Å². The van der Waals surface area contributed by atoms with Gasteiger partial charge in [0.25, 0.3) is 0 Å².